The first kappa shape index (κ1) is 21.3. The molecular formula is C15H18Cl2OTi. The van der Waals surface area contributed by atoms with E-state index in [0.717, 1.165) is 5.56 Å². The molecule has 19 heavy (non-hydrogen) atoms. The number of allylic oxidation sites excluding steroid dienone is 4. The first-order chi connectivity index (χ1) is 7.59. The first-order valence-electron chi connectivity index (χ1n) is 5.73. The summed E-state index contributed by atoms with van der Waals surface area (Å²) in [6.45, 7) is 6.09. The fourth-order valence-corrected chi connectivity index (χ4v) is 2.40. The Labute approximate surface area is 142 Å². The average molecular weight is 333 g/mol. The first-order valence-corrected chi connectivity index (χ1v) is 5.73. The van der Waals surface area contributed by atoms with Gasteiger partial charge < -0.3 is 29.9 Å². The minimum atomic E-state index is -0.404. The van der Waals surface area contributed by atoms with Gasteiger partial charge in [-0.1, -0.05) is 47.6 Å². The molecule has 0 saturated carbocycles. The molecule has 0 radical (unpaired) electrons. The zero-order valence-electron chi connectivity index (χ0n) is 11.3. The largest absolute Gasteiger partial charge is 2.00 e. The summed E-state index contributed by atoms with van der Waals surface area (Å²) in [6, 6.07) is 8.14. The van der Waals surface area contributed by atoms with Gasteiger partial charge in [-0.2, -0.15) is 0 Å². The van der Waals surface area contributed by atoms with E-state index in [-0.39, 0.29) is 46.5 Å². The summed E-state index contributed by atoms with van der Waals surface area (Å²) in [4.78, 5) is 0. The normalized spacial score (nSPS) is 18.2. The Hall–Kier alpha value is -0.0457. The van der Waals surface area contributed by atoms with Crippen molar-refractivity contribution in [3.63, 3.8) is 0 Å². The summed E-state index contributed by atoms with van der Waals surface area (Å²) in [7, 11) is 0. The fraction of sp³-hybridized carbons (Fsp3) is 0.333. The quantitative estimate of drug-likeness (QED) is 0.606. The van der Waals surface area contributed by atoms with Crippen LogP contribution >= 0.6 is 0 Å². The van der Waals surface area contributed by atoms with Crippen LogP contribution in [0.3, 0.4) is 0 Å². The Bertz CT molecular complexity index is 467. The maximum absolute atomic E-state index is 9.78. The molecule has 1 aromatic carbocycles. The van der Waals surface area contributed by atoms with Gasteiger partial charge in [0.15, 0.2) is 0 Å². The van der Waals surface area contributed by atoms with Crippen LogP contribution in [-0.2, 0) is 21.7 Å². The number of benzene rings is 1. The van der Waals surface area contributed by atoms with E-state index in [9.17, 15) is 5.11 Å². The molecule has 0 amide bonds. The van der Waals surface area contributed by atoms with Gasteiger partial charge in [-0.3, -0.25) is 0 Å². The molecule has 0 bridgehead atoms. The minimum absolute atomic E-state index is 0. The van der Waals surface area contributed by atoms with Gasteiger partial charge in [0.1, 0.15) is 0 Å². The number of aliphatic hydroxyl groups excluding tert-OH is 1. The Morgan fingerprint density at radius 2 is 1.68 bits per heavy atom. The van der Waals surface area contributed by atoms with Crippen molar-refractivity contribution in [1.82, 2.24) is 0 Å². The molecule has 0 spiro atoms. The maximum atomic E-state index is 9.78. The molecule has 0 heterocycles. The van der Waals surface area contributed by atoms with Gasteiger partial charge in [-0.05, 0) is 31.9 Å². The second-order valence-electron chi connectivity index (χ2n) is 4.58. The topological polar surface area (TPSA) is 20.2 Å². The molecule has 0 aromatic heterocycles. The van der Waals surface area contributed by atoms with E-state index in [2.05, 4.69) is 32.1 Å². The number of rotatable bonds is 2. The molecule has 0 saturated heterocycles. The van der Waals surface area contributed by atoms with Crippen LogP contribution < -0.4 is 24.8 Å². The molecule has 1 nitrogen and oxygen atoms in total. The van der Waals surface area contributed by atoms with Crippen molar-refractivity contribution >= 4 is 0 Å². The van der Waals surface area contributed by atoms with Crippen molar-refractivity contribution in [3.05, 3.63) is 58.7 Å². The van der Waals surface area contributed by atoms with Gasteiger partial charge in [-0.15, -0.1) is 0 Å². The van der Waals surface area contributed by atoms with E-state index < -0.39 is 6.10 Å². The number of aliphatic hydroxyl groups is 1. The molecular weight excluding hydrogens is 315 g/mol. The second-order valence-corrected chi connectivity index (χ2v) is 4.58. The summed E-state index contributed by atoms with van der Waals surface area (Å²) in [5, 5.41) is 9.78. The van der Waals surface area contributed by atoms with Gasteiger partial charge >= 0.3 is 21.7 Å². The molecule has 4 heteroatoms. The van der Waals surface area contributed by atoms with Crippen LogP contribution in [0, 0.1) is 0 Å². The third-order valence-corrected chi connectivity index (χ3v) is 3.16. The standard InChI is InChI=1S/C15H18O.2ClH.Ti/c1-10-8-11(2)15(9-10)14-7-5-4-6-13(14)12(3)16;;;/h4-9,12,15-16H,1-3H3;2*1H;/q;;;+2/p-2. The summed E-state index contributed by atoms with van der Waals surface area (Å²) in [5.74, 6) is 0.339. The van der Waals surface area contributed by atoms with Crippen molar-refractivity contribution in [1.29, 1.82) is 0 Å². The van der Waals surface area contributed by atoms with E-state index >= 15 is 0 Å². The molecule has 1 aromatic rings. The third-order valence-electron chi connectivity index (χ3n) is 3.16. The maximum Gasteiger partial charge on any atom is 2.00 e. The Morgan fingerprint density at radius 1 is 1.11 bits per heavy atom. The molecule has 102 valence electrons. The summed E-state index contributed by atoms with van der Waals surface area (Å²) >= 11 is 0. The second kappa shape index (κ2) is 8.99. The number of hydrogen-bond donors (Lipinski definition) is 1. The van der Waals surface area contributed by atoms with Crippen molar-refractivity contribution in [2.24, 2.45) is 0 Å². The fourth-order valence-electron chi connectivity index (χ4n) is 2.40. The van der Waals surface area contributed by atoms with Crippen LogP contribution in [0.15, 0.2) is 47.6 Å². The molecule has 0 aliphatic heterocycles. The summed E-state index contributed by atoms with van der Waals surface area (Å²) in [6.07, 6.45) is 4.07. The molecule has 2 rings (SSSR count). The molecule has 2 atom stereocenters. The molecule has 1 aliphatic carbocycles. The van der Waals surface area contributed by atoms with E-state index in [1.54, 1.807) is 0 Å². The molecule has 0 fully saturated rings. The minimum Gasteiger partial charge on any atom is -1.00 e. The van der Waals surface area contributed by atoms with Crippen LogP contribution in [0.5, 0.6) is 0 Å². The van der Waals surface area contributed by atoms with Gasteiger partial charge in [0.2, 0.25) is 0 Å². The Morgan fingerprint density at radius 3 is 2.16 bits per heavy atom. The van der Waals surface area contributed by atoms with Crippen molar-refractivity contribution in [3.8, 4) is 0 Å². The van der Waals surface area contributed by atoms with Crippen LogP contribution in [0.2, 0.25) is 0 Å². The van der Waals surface area contributed by atoms with E-state index in [4.69, 9.17) is 0 Å². The Balaban J connectivity index is 0. The monoisotopic (exact) mass is 332 g/mol. The Kier molecular flexibility index (Phi) is 10.1. The van der Waals surface area contributed by atoms with E-state index in [0.29, 0.717) is 5.92 Å². The average Bonchev–Trinajstić information content (AvgIpc) is 2.57. The number of halogens is 2. The predicted molar refractivity (Wildman–Crippen MR) is 67.3 cm³/mol. The van der Waals surface area contributed by atoms with Gasteiger partial charge in [-0.25, -0.2) is 0 Å². The molecule has 1 aliphatic rings. The SMILES string of the molecule is CC1=CC(c2ccccc2C(C)O)C(C)=C1.[Cl-].[Cl-].[Ti+2]. The van der Waals surface area contributed by atoms with Crippen LogP contribution in [0.25, 0.3) is 0 Å². The zero-order chi connectivity index (χ0) is 11.7. The van der Waals surface area contributed by atoms with Crippen LogP contribution in [0.1, 0.15) is 43.9 Å². The van der Waals surface area contributed by atoms with Crippen LogP contribution in [0.4, 0.5) is 0 Å². The van der Waals surface area contributed by atoms with Crippen LogP contribution in [-0.4, -0.2) is 5.11 Å². The summed E-state index contributed by atoms with van der Waals surface area (Å²) < 4.78 is 0. The predicted octanol–water partition coefficient (Wildman–Crippen LogP) is -2.26. The zero-order valence-corrected chi connectivity index (χ0v) is 14.4. The van der Waals surface area contributed by atoms with Gasteiger partial charge in [0, 0.05) is 5.92 Å². The third kappa shape index (κ3) is 4.77. The summed E-state index contributed by atoms with van der Waals surface area (Å²) in [5.41, 5.74) is 4.92. The van der Waals surface area contributed by atoms with E-state index in [1.165, 1.54) is 16.7 Å². The van der Waals surface area contributed by atoms with Gasteiger partial charge in [0.25, 0.3) is 0 Å². The van der Waals surface area contributed by atoms with E-state index in [1.807, 2.05) is 25.1 Å². The van der Waals surface area contributed by atoms with Crippen molar-refractivity contribution < 1.29 is 51.6 Å². The smallest absolute Gasteiger partial charge is 1.00 e. The van der Waals surface area contributed by atoms with Crippen molar-refractivity contribution in [2.75, 3.05) is 0 Å². The molecule has 1 N–H and O–H groups in total. The molecule has 2 unspecified atom stereocenters. The van der Waals surface area contributed by atoms with Crippen molar-refractivity contribution in [2.45, 2.75) is 32.8 Å². The number of hydrogen-bond acceptors (Lipinski definition) is 1. The van der Waals surface area contributed by atoms with Gasteiger partial charge in [0.05, 0.1) is 6.10 Å².